The number of rotatable bonds is 6. The quantitative estimate of drug-likeness (QED) is 0.243. The first-order valence-electron chi connectivity index (χ1n) is 9.24. The lowest BCUT2D eigenvalue weighted by Gasteiger charge is -2.12. The Hall–Kier alpha value is -3.98. The molecule has 0 unspecified atom stereocenters. The van der Waals surface area contributed by atoms with Gasteiger partial charge in [0.1, 0.15) is 5.76 Å². The monoisotopic (exact) mass is 432 g/mol. The maximum Gasteiger partial charge on any atom is 0.269 e. The van der Waals surface area contributed by atoms with Crippen molar-refractivity contribution in [2.75, 3.05) is 0 Å². The largest absolute Gasteiger partial charge is 0.467 e. The van der Waals surface area contributed by atoms with Gasteiger partial charge in [-0.2, -0.15) is 5.10 Å². The van der Waals surface area contributed by atoms with Gasteiger partial charge in [-0.1, -0.05) is 30.3 Å². The molecule has 0 radical (unpaired) electrons. The normalized spacial score (nSPS) is 16.6. The molecule has 1 aliphatic rings. The Morgan fingerprint density at radius 2 is 1.81 bits per heavy atom. The molecule has 1 fully saturated rings. The third-order valence-corrected chi connectivity index (χ3v) is 5.33. The zero-order chi connectivity index (χ0) is 21.6. The number of thioether (sulfide) groups is 1. The standard InChI is InChI=1S/C22H16N4O4S/c27-21-20(13-16-8-10-18(11-9-16)26(28)29)31-22(25(21)15-19-7-4-12-30-19)24-23-14-17-5-2-1-3-6-17/h1-14H,15H2/b20-13-,23-14-,24-22+. The van der Waals surface area contributed by atoms with E-state index < -0.39 is 4.92 Å². The highest BCUT2D eigenvalue weighted by Crippen LogP contribution is 2.34. The fourth-order valence-electron chi connectivity index (χ4n) is 2.81. The zero-order valence-electron chi connectivity index (χ0n) is 16.1. The number of hydrogen-bond acceptors (Lipinski definition) is 7. The Balaban J connectivity index is 1.60. The van der Waals surface area contributed by atoms with Gasteiger partial charge in [0.2, 0.25) is 0 Å². The predicted octanol–water partition coefficient (Wildman–Crippen LogP) is 4.69. The van der Waals surface area contributed by atoms with Crippen molar-refractivity contribution in [1.29, 1.82) is 0 Å². The van der Waals surface area contributed by atoms with E-state index in [2.05, 4.69) is 10.2 Å². The second kappa shape index (κ2) is 9.23. The van der Waals surface area contributed by atoms with Crippen LogP contribution in [0.4, 0.5) is 5.69 Å². The highest BCUT2D eigenvalue weighted by atomic mass is 32.2. The van der Waals surface area contributed by atoms with Crippen molar-refractivity contribution in [1.82, 2.24) is 4.90 Å². The maximum atomic E-state index is 13.0. The van der Waals surface area contributed by atoms with Crippen LogP contribution in [0.15, 0.2) is 92.5 Å². The molecule has 4 rings (SSSR count). The van der Waals surface area contributed by atoms with Crippen LogP contribution in [0.3, 0.4) is 0 Å². The molecule has 0 aliphatic carbocycles. The Morgan fingerprint density at radius 3 is 2.48 bits per heavy atom. The number of carbonyl (C=O) groups is 1. The van der Waals surface area contributed by atoms with Crippen LogP contribution in [0.25, 0.3) is 6.08 Å². The third kappa shape index (κ3) is 4.96. The lowest BCUT2D eigenvalue weighted by Crippen LogP contribution is -2.28. The summed E-state index contributed by atoms with van der Waals surface area (Å²) in [5.74, 6) is 0.374. The van der Waals surface area contributed by atoms with E-state index in [4.69, 9.17) is 4.42 Å². The molecular weight excluding hydrogens is 416 g/mol. The van der Waals surface area contributed by atoms with E-state index in [1.54, 1.807) is 42.8 Å². The van der Waals surface area contributed by atoms with Gasteiger partial charge < -0.3 is 4.42 Å². The first-order valence-corrected chi connectivity index (χ1v) is 10.1. The first kappa shape index (κ1) is 20.3. The molecule has 9 heteroatoms. The molecule has 0 spiro atoms. The van der Waals surface area contributed by atoms with Crippen LogP contribution in [-0.4, -0.2) is 27.1 Å². The van der Waals surface area contributed by atoms with Gasteiger partial charge in [0.05, 0.1) is 28.9 Å². The molecule has 0 bridgehead atoms. The number of nitro groups is 1. The lowest BCUT2D eigenvalue weighted by molar-refractivity contribution is -0.384. The molecule has 0 saturated carbocycles. The summed E-state index contributed by atoms with van der Waals surface area (Å²) < 4.78 is 5.38. The van der Waals surface area contributed by atoms with Crippen molar-refractivity contribution in [2.45, 2.75) is 6.54 Å². The van der Waals surface area contributed by atoms with E-state index in [1.165, 1.54) is 28.8 Å². The third-order valence-electron chi connectivity index (χ3n) is 4.33. The van der Waals surface area contributed by atoms with Crippen LogP contribution >= 0.6 is 11.8 Å². The molecule has 0 N–H and O–H groups in total. The fraction of sp³-hybridized carbons (Fsp3) is 0.0455. The van der Waals surface area contributed by atoms with Crippen LogP contribution in [0.5, 0.6) is 0 Å². The Kier molecular flexibility index (Phi) is 6.04. The minimum atomic E-state index is -0.465. The van der Waals surface area contributed by atoms with Crippen molar-refractivity contribution in [3.8, 4) is 0 Å². The Morgan fingerprint density at radius 1 is 1.03 bits per heavy atom. The van der Waals surface area contributed by atoms with Gasteiger partial charge in [0.25, 0.3) is 11.6 Å². The highest BCUT2D eigenvalue weighted by molar-refractivity contribution is 8.18. The second-order valence-electron chi connectivity index (χ2n) is 6.47. The number of nitro benzene ring substituents is 1. The first-order chi connectivity index (χ1) is 15.1. The van der Waals surface area contributed by atoms with Crippen LogP contribution < -0.4 is 0 Å². The summed E-state index contributed by atoms with van der Waals surface area (Å²) in [5, 5.41) is 19.6. The van der Waals surface area contributed by atoms with E-state index in [-0.39, 0.29) is 18.1 Å². The second-order valence-corrected chi connectivity index (χ2v) is 7.48. The topological polar surface area (TPSA) is 101 Å². The molecular formula is C22H16N4O4S. The molecule has 0 atom stereocenters. The van der Waals surface area contributed by atoms with E-state index in [0.717, 1.165) is 5.56 Å². The lowest BCUT2D eigenvalue weighted by atomic mass is 10.2. The average molecular weight is 432 g/mol. The summed E-state index contributed by atoms with van der Waals surface area (Å²) in [6.07, 6.45) is 4.83. The molecule has 1 saturated heterocycles. The summed E-state index contributed by atoms with van der Waals surface area (Å²) in [7, 11) is 0. The molecule has 3 aromatic rings. The summed E-state index contributed by atoms with van der Waals surface area (Å²) in [6.45, 7) is 0.218. The minimum absolute atomic E-state index is 0.00972. The Bertz CT molecular complexity index is 1170. The predicted molar refractivity (Wildman–Crippen MR) is 119 cm³/mol. The average Bonchev–Trinajstić information content (AvgIpc) is 3.39. The maximum absolute atomic E-state index is 13.0. The number of nitrogens with zero attached hydrogens (tertiary/aromatic N) is 4. The molecule has 2 heterocycles. The van der Waals surface area contributed by atoms with Crippen LogP contribution in [0, 0.1) is 10.1 Å². The van der Waals surface area contributed by atoms with E-state index in [1.807, 2.05) is 30.3 Å². The highest BCUT2D eigenvalue weighted by Gasteiger charge is 2.34. The molecule has 1 aromatic heterocycles. The molecule has 154 valence electrons. The van der Waals surface area contributed by atoms with Gasteiger partial charge in [-0.05, 0) is 53.2 Å². The molecule has 2 aromatic carbocycles. The molecule has 31 heavy (non-hydrogen) atoms. The fourth-order valence-corrected chi connectivity index (χ4v) is 3.74. The number of non-ortho nitro benzene ring substituents is 1. The number of amidine groups is 1. The summed E-state index contributed by atoms with van der Waals surface area (Å²) in [6, 6.07) is 19.0. The van der Waals surface area contributed by atoms with Crippen LogP contribution in [0.1, 0.15) is 16.9 Å². The smallest absolute Gasteiger partial charge is 0.269 e. The summed E-state index contributed by atoms with van der Waals surface area (Å²) >= 11 is 1.19. The van der Waals surface area contributed by atoms with Crippen molar-refractivity contribution < 1.29 is 14.1 Å². The molecule has 1 amide bonds. The van der Waals surface area contributed by atoms with Gasteiger partial charge in [-0.15, -0.1) is 5.10 Å². The number of benzene rings is 2. The van der Waals surface area contributed by atoms with E-state index >= 15 is 0 Å². The van der Waals surface area contributed by atoms with Crippen molar-refractivity contribution in [2.24, 2.45) is 10.2 Å². The SMILES string of the molecule is O=C1/C(=C/c2ccc([N+](=O)[O-])cc2)S/C(=N/N=C\c2ccccc2)N1Cc1ccco1. The number of furan rings is 1. The van der Waals surface area contributed by atoms with Gasteiger partial charge in [0, 0.05) is 12.1 Å². The van der Waals surface area contributed by atoms with Crippen LogP contribution in [0.2, 0.25) is 0 Å². The summed E-state index contributed by atoms with van der Waals surface area (Å²) in [5.41, 5.74) is 1.55. The van der Waals surface area contributed by atoms with Gasteiger partial charge in [0.15, 0.2) is 5.17 Å². The minimum Gasteiger partial charge on any atom is -0.467 e. The van der Waals surface area contributed by atoms with Crippen molar-refractivity contribution in [3.63, 3.8) is 0 Å². The summed E-state index contributed by atoms with van der Waals surface area (Å²) in [4.78, 5) is 25.3. The zero-order valence-corrected chi connectivity index (χ0v) is 16.9. The van der Waals surface area contributed by atoms with E-state index in [0.29, 0.717) is 21.4 Å². The van der Waals surface area contributed by atoms with Crippen molar-refractivity contribution >= 4 is 40.8 Å². The van der Waals surface area contributed by atoms with Crippen LogP contribution in [-0.2, 0) is 11.3 Å². The van der Waals surface area contributed by atoms with Crippen molar-refractivity contribution in [3.05, 3.63) is 105 Å². The molecule has 1 aliphatic heterocycles. The van der Waals surface area contributed by atoms with Gasteiger partial charge in [-0.3, -0.25) is 19.8 Å². The van der Waals surface area contributed by atoms with E-state index in [9.17, 15) is 14.9 Å². The number of hydrogen-bond donors (Lipinski definition) is 0. The molecule has 8 nitrogen and oxygen atoms in total. The number of carbonyl (C=O) groups excluding carboxylic acids is 1. The number of amides is 1. The van der Waals surface area contributed by atoms with Gasteiger partial charge >= 0.3 is 0 Å². The van der Waals surface area contributed by atoms with Gasteiger partial charge in [-0.25, -0.2) is 0 Å². The Labute approximate surface area is 181 Å².